The maximum Gasteiger partial charge on any atom is 0.341 e. The Kier molecular flexibility index (Phi) is 5.47. The van der Waals surface area contributed by atoms with Crippen LogP contribution in [-0.4, -0.2) is 12.6 Å². The predicted octanol–water partition coefficient (Wildman–Crippen LogP) is 4.75. The number of anilines is 1. The molecule has 1 aromatic heterocycles. The van der Waals surface area contributed by atoms with Crippen LogP contribution in [0.1, 0.15) is 36.8 Å². The van der Waals surface area contributed by atoms with Crippen molar-refractivity contribution < 1.29 is 13.9 Å². The van der Waals surface area contributed by atoms with Crippen LogP contribution in [0.25, 0.3) is 11.0 Å². The summed E-state index contributed by atoms with van der Waals surface area (Å²) in [4.78, 5) is 27.3. The minimum absolute atomic E-state index is 0.146. The largest absolute Gasteiger partial charge is 0.466 e. The van der Waals surface area contributed by atoms with E-state index >= 15 is 0 Å². The fourth-order valence-electron chi connectivity index (χ4n) is 3.88. The first-order valence-electron chi connectivity index (χ1n) is 9.86. The Morgan fingerprint density at radius 1 is 1.14 bits per heavy atom. The molecule has 4 rings (SSSR count). The van der Waals surface area contributed by atoms with Gasteiger partial charge in [-0.15, -0.1) is 0 Å². The van der Waals surface area contributed by atoms with Crippen molar-refractivity contribution in [3.63, 3.8) is 0 Å². The van der Waals surface area contributed by atoms with E-state index in [0.29, 0.717) is 30.7 Å². The molecule has 1 aliphatic rings. The molecule has 29 heavy (non-hydrogen) atoms. The maximum atomic E-state index is 13.0. The molecule has 0 bridgehead atoms. The van der Waals surface area contributed by atoms with Crippen LogP contribution < -0.4 is 10.5 Å². The van der Waals surface area contributed by atoms with Crippen molar-refractivity contribution in [1.82, 2.24) is 0 Å². The Hall–Kier alpha value is -3.34. The molecule has 2 aromatic carbocycles. The molecule has 0 N–H and O–H groups in total. The van der Waals surface area contributed by atoms with Gasteiger partial charge >= 0.3 is 11.6 Å². The third kappa shape index (κ3) is 3.94. The van der Waals surface area contributed by atoms with Gasteiger partial charge < -0.3 is 14.1 Å². The Labute approximate surface area is 169 Å². The second-order valence-electron chi connectivity index (χ2n) is 7.09. The van der Waals surface area contributed by atoms with Gasteiger partial charge in [0.15, 0.2) is 0 Å². The summed E-state index contributed by atoms with van der Waals surface area (Å²) in [6, 6.07) is 17.6. The molecule has 2 heterocycles. The van der Waals surface area contributed by atoms with Crippen LogP contribution in [0.2, 0.25) is 0 Å². The van der Waals surface area contributed by atoms with Crippen LogP contribution in [-0.2, 0) is 16.1 Å². The van der Waals surface area contributed by atoms with Gasteiger partial charge in [0, 0.05) is 24.0 Å². The molecule has 148 valence electrons. The number of carbonyl (C=O) groups excluding carboxylic acids is 1. The average molecular weight is 389 g/mol. The number of hydrogen-bond donors (Lipinski definition) is 0. The molecule has 0 spiro atoms. The first-order chi connectivity index (χ1) is 14.2. The highest BCUT2D eigenvalue weighted by molar-refractivity contribution is 5.93. The van der Waals surface area contributed by atoms with Crippen molar-refractivity contribution in [2.45, 2.75) is 32.2 Å². The second kappa shape index (κ2) is 8.35. The first kappa shape index (κ1) is 19.0. The van der Waals surface area contributed by atoms with Gasteiger partial charge in [-0.1, -0.05) is 48.5 Å². The molecule has 1 aliphatic heterocycles. The zero-order valence-electron chi connectivity index (χ0n) is 16.3. The molecule has 1 atom stereocenters. The molecule has 0 radical (unpaired) electrons. The van der Waals surface area contributed by atoms with Crippen LogP contribution in [0.4, 0.5) is 5.69 Å². The maximum absolute atomic E-state index is 13.0. The van der Waals surface area contributed by atoms with Gasteiger partial charge in [0.05, 0.1) is 24.3 Å². The van der Waals surface area contributed by atoms with E-state index in [2.05, 4.69) is 17.0 Å². The van der Waals surface area contributed by atoms with Gasteiger partial charge in [-0.05, 0) is 31.0 Å². The SMILES string of the molecule is CCOC(=O)CC1CC=CN(Cc2ccccc2)c2c1c(=O)oc1ccccc21. The van der Waals surface area contributed by atoms with E-state index < -0.39 is 5.63 Å². The fraction of sp³-hybridized carbons (Fsp3) is 0.250. The minimum atomic E-state index is -0.394. The number of allylic oxidation sites excluding steroid dienone is 1. The smallest absolute Gasteiger partial charge is 0.341 e. The topological polar surface area (TPSA) is 59.8 Å². The highest BCUT2D eigenvalue weighted by atomic mass is 16.5. The van der Waals surface area contributed by atoms with Crippen molar-refractivity contribution in [1.29, 1.82) is 0 Å². The van der Waals surface area contributed by atoms with Crippen molar-refractivity contribution in [3.8, 4) is 0 Å². The summed E-state index contributed by atoms with van der Waals surface area (Å²) in [5.74, 6) is -0.595. The molecule has 0 amide bonds. The average Bonchev–Trinajstić information content (AvgIpc) is 2.89. The first-order valence-corrected chi connectivity index (χ1v) is 9.86. The molecular formula is C24H23NO4. The lowest BCUT2D eigenvalue weighted by atomic mass is 9.91. The lowest BCUT2D eigenvalue weighted by molar-refractivity contribution is -0.143. The third-order valence-electron chi connectivity index (χ3n) is 5.14. The zero-order valence-corrected chi connectivity index (χ0v) is 16.3. The fourth-order valence-corrected chi connectivity index (χ4v) is 3.88. The highest BCUT2D eigenvalue weighted by Gasteiger charge is 2.29. The molecule has 5 heteroatoms. The Morgan fingerprint density at radius 2 is 1.90 bits per heavy atom. The van der Waals surface area contributed by atoms with Crippen molar-refractivity contribution in [3.05, 3.63) is 88.4 Å². The van der Waals surface area contributed by atoms with Crippen LogP contribution >= 0.6 is 0 Å². The number of nitrogens with zero attached hydrogens (tertiary/aromatic N) is 1. The van der Waals surface area contributed by atoms with Crippen LogP contribution in [0.5, 0.6) is 0 Å². The number of fused-ring (bicyclic) bond motifs is 3. The quantitative estimate of drug-likeness (QED) is 0.465. The number of para-hydroxylation sites is 1. The van der Waals surface area contributed by atoms with Gasteiger partial charge in [-0.2, -0.15) is 0 Å². The van der Waals surface area contributed by atoms with Gasteiger partial charge in [-0.25, -0.2) is 4.79 Å². The monoisotopic (exact) mass is 389 g/mol. The Bertz CT molecular complexity index is 1100. The van der Waals surface area contributed by atoms with Crippen molar-refractivity contribution in [2.75, 3.05) is 11.5 Å². The molecule has 1 unspecified atom stereocenters. The number of carbonyl (C=O) groups is 1. The number of ether oxygens (including phenoxy) is 1. The summed E-state index contributed by atoms with van der Waals surface area (Å²) in [7, 11) is 0. The lowest BCUT2D eigenvalue weighted by Crippen LogP contribution is -2.23. The van der Waals surface area contributed by atoms with Crippen molar-refractivity contribution >= 4 is 22.6 Å². The van der Waals surface area contributed by atoms with Gasteiger partial charge in [0.1, 0.15) is 5.58 Å². The van der Waals surface area contributed by atoms with E-state index in [1.807, 2.05) is 48.7 Å². The van der Waals surface area contributed by atoms with Crippen LogP contribution in [0.3, 0.4) is 0 Å². The van der Waals surface area contributed by atoms with Gasteiger partial charge in [-0.3, -0.25) is 4.79 Å². The molecule has 0 saturated carbocycles. The van der Waals surface area contributed by atoms with Crippen LogP contribution in [0.15, 0.2) is 76.1 Å². The summed E-state index contributed by atoms with van der Waals surface area (Å²) < 4.78 is 10.8. The number of esters is 1. The molecule has 3 aromatic rings. The summed E-state index contributed by atoms with van der Waals surface area (Å²) in [6.45, 7) is 2.72. The van der Waals surface area contributed by atoms with Gasteiger partial charge in [0.25, 0.3) is 0 Å². The molecule has 5 nitrogen and oxygen atoms in total. The van der Waals surface area contributed by atoms with E-state index in [1.54, 1.807) is 13.0 Å². The summed E-state index contributed by atoms with van der Waals surface area (Å²) in [5.41, 5.74) is 2.62. The minimum Gasteiger partial charge on any atom is -0.466 e. The van der Waals surface area contributed by atoms with Crippen molar-refractivity contribution in [2.24, 2.45) is 0 Å². The van der Waals surface area contributed by atoms with E-state index in [-0.39, 0.29) is 18.3 Å². The number of rotatable bonds is 5. The molecule has 0 saturated heterocycles. The van der Waals surface area contributed by atoms with E-state index in [1.165, 1.54) is 0 Å². The van der Waals surface area contributed by atoms with Gasteiger partial charge in [0.2, 0.25) is 0 Å². The molecule has 0 aliphatic carbocycles. The third-order valence-corrected chi connectivity index (χ3v) is 5.14. The highest BCUT2D eigenvalue weighted by Crippen LogP contribution is 2.39. The zero-order chi connectivity index (χ0) is 20.2. The second-order valence-corrected chi connectivity index (χ2v) is 7.09. The Balaban J connectivity index is 1.86. The molecular weight excluding hydrogens is 366 g/mol. The summed E-state index contributed by atoms with van der Waals surface area (Å²) in [6.07, 6.45) is 4.73. The standard InChI is InChI=1S/C24H23NO4/c1-2-28-21(26)15-18-11-8-14-25(16-17-9-4-3-5-10-17)23-19-12-6-7-13-20(19)29-24(27)22(18)23/h3-10,12-14,18H,2,11,15-16H2,1H3. The number of hydrogen-bond acceptors (Lipinski definition) is 5. The van der Waals surface area contributed by atoms with E-state index in [0.717, 1.165) is 16.6 Å². The lowest BCUT2D eigenvalue weighted by Gasteiger charge is -2.25. The Morgan fingerprint density at radius 3 is 2.69 bits per heavy atom. The normalized spacial score (nSPS) is 15.8. The van der Waals surface area contributed by atoms with Crippen LogP contribution in [0, 0.1) is 0 Å². The predicted molar refractivity (Wildman–Crippen MR) is 113 cm³/mol. The summed E-state index contributed by atoms with van der Waals surface area (Å²) >= 11 is 0. The number of benzene rings is 2. The summed E-state index contributed by atoms with van der Waals surface area (Å²) in [5, 5.41) is 0.860. The van der Waals surface area contributed by atoms with E-state index in [4.69, 9.17) is 9.15 Å². The van der Waals surface area contributed by atoms with E-state index in [9.17, 15) is 9.59 Å². The molecule has 0 fully saturated rings.